The molecule has 16 nitrogen and oxygen atoms in total. The van der Waals surface area contributed by atoms with E-state index in [1.54, 1.807) is 7.05 Å². The number of carbonyl (C=O) groups excluding carboxylic acids is 2. The highest BCUT2D eigenvalue weighted by molar-refractivity contribution is 8.01. The van der Waals surface area contributed by atoms with Gasteiger partial charge in [0.05, 0.1) is 6.42 Å². The van der Waals surface area contributed by atoms with E-state index in [1.807, 2.05) is 0 Å². The van der Waals surface area contributed by atoms with Crippen LogP contribution in [0.25, 0.3) is 0 Å². The van der Waals surface area contributed by atoms with Crippen LogP contribution in [-0.2, 0) is 32.6 Å². The molecule has 2 amide bonds. The fourth-order valence-corrected chi connectivity index (χ4v) is 6.02. The summed E-state index contributed by atoms with van der Waals surface area (Å²) in [5, 5.41) is 44.6. The molecule has 2 atom stereocenters. The van der Waals surface area contributed by atoms with Crippen molar-refractivity contribution >= 4 is 47.3 Å². The Morgan fingerprint density at radius 3 is 2.69 bits per heavy atom. The zero-order valence-electron chi connectivity index (χ0n) is 18.0. The maximum atomic E-state index is 13.1. The molecule has 186 valence electrons. The molecular weight excluding hydrogens is 510 g/mol. The molecule has 0 saturated carbocycles. The quantitative estimate of drug-likeness (QED) is 0.168. The summed E-state index contributed by atoms with van der Waals surface area (Å²) >= 11 is 2.38. The van der Waals surface area contributed by atoms with Gasteiger partial charge in [0.15, 0.2) is 11.3 Å². The number of carboxylic acids is 2. The molecule has 0 spiro atoms. The van der Waals surface area contributed by atoms with Gasteiger partial charge in [-0.15, -0.1) is 16.9 Å². The van der Waals surface area contributed by atoms with E-state index in [9.17, 15) is 29.4 Å². The third kappa shape index (κ3) is 4.08. The summed E-state index contributed by atoms with van der Waals surface area (Å²) in [6, 6.07) is 0. The van der Waals surface area contributed by atoms with Crippen molar-refractivity contribution in [2.75, 3.05) is 18.6 Å². The van der Waals surface area contributed by atoms with Gasteiger partial charge < -0.3 is 29.9 Å². The van der Waals surface area contributed by atoms with Gasteiger partial charge in [-0.1, -0.05) is 11.8 Å². The first-order chi connectivity index (χ1) is 16.6. The third-order valence-electron chi connectivity index (χ3n) is 5.20. The number of aryl methyl sites for hydroxylation is 1. The smallest absolute Gasteiger partial charge is 0.352 e. The van der Waals surface area contributed by atoms with Gasteiger partial charge in [-0.3, -0.25) is 14.5 Å². The van der Waals surface area contributed by atoms with E-state index in [0.717, 1.165) is 4.90 Å². The van der Waals surface area contributed by atoms with Gasteiger partial charge in [-0.2, -0.15) is 0 Å². The summed E-state index contributed by atoms with van der Waals surface area (Å²) < 4.78 is 11.5. The molecule has 35 heavy (non-hydrogen) atoms. The standard InChI is InChI=1S/C17H17N7O9S2/c1-23-16(19-21-22-23)35-5-6-4-34-15-17(32-2,14(31)24(15)10(6)13(29)30)18-8(25)3-7-9(12(27)28)11(26)20-33-7/h15H,3-5H2,1-2H3,(H,18,25)(H,20,26)(H,27,28)(H,29,30)/t15-,17-/m0/s1. The minimum absolute atomic E-state index is 0.207. The first kappa shape index (κ1) is 24.5. The molecule has 0 bridgehead atoms. The molecule has 2 aliphatic rings. The van der Waals surface area contributed by atoms with Crippen LogP contribution in [0.2, 0.25) is 0 Å². The van der Waals surface area contributed by atoms with E-state index in [4.69, 9.17) is 14.4 Å². The topological polar surface area (TPSA) is 223 Å². The van der Waals surface area contributed by atoms with Crippen molar-refractivity contribution in [3.63, 3.8) is 0 Å². The van der Waals surface area contributed by atoms with Crippen LogP contribution >= 0.6 is 23.5 Å². The number of β-lactam (4-membered cyclic amide) rings is 1. The number of hydrogen-bond donors (Lipinski definition) is 4. The van der Waals surface area contributed by atoms with E-state index in [2.05, 4.69) is 26.0 Å². The number of hydrogen-bond acceptors (Lipinski definition) is 13. The van der Waals surface area contributed by atoms with Crippen LogP contribution in [0.1, 0.15) is 16.1 Å². The second-order valence-corrected chi connectivity index (χ2v) is 9.25. The molecule has 1 saturated heterocycles. The molecule has 4 rings (SSSR count). The van der Waals surface area contributed by atoms with Gasteiger partial charge in [-0.25, -0.2) is 14.3 Å². The summed E-state index contributed by atoms with van der Waals surface area (Å²) in [6.45, 7) is 0. The van der Waals surface area contributed by atoms with Gasteiger partial charge in [-0.05, 0) is 21.2 Å². The molecule has 1 fully saturated rings. The molecule has 2 aliphatic heterocycles. The molecule has 0 radical (unpaired) electrons. The summed E-state index contributed by atoms with van der Waals surface area (Å²) in [7, 11) is 2.81. The van der Waals surface area contributed by atoms with E-state index in [0.29, 0.717) is 10.7 Å². The molecule has 18 heteroatoms. The lowest BCUT2D eigenvalue weighted by Crippen LogP contribution is -2.80. The van der Waals surface area contributed by atoms with E-state index in [-0.39, 0.29) is 17.2 Å². The Bertz CT molecular complexity index is 1260. The highest BCUT2D eigenvalue weighted by atomic mass is 32.2. The van der Waals surface area contributed by atoms with Crippen molar-refractivity contribution in [2.45, 2.75) is 22.7 Å². The number of thioether (sulfide) groups is 2. The number of tetrazole rings is 1. The minimum atomic E-state index is -1.89. The zero-order chi connectivity index (χ0) is 25.5. The molecule has 0 unspecified atom stereocenters. The van der Waals surface area contributed by atoms with Crippen LogP contribution in [0.3, 0.4) is 0 Å². The van der Waals surface area contributed by atoms with Crippen LogP contribution in [0.5, 0.6) is 5.88 Å². The lowest BCUT2D eigenvalue weighted by atomic mass is 9.98. The van der Waals surface area contributed by atoms with Crippen molar-refractivity contribution in [2.24, 2.45) is 7.05 Å². The average Bonchev–Trinajstić information content (AvgIpc) is 3.39. The van der Waals surface area contributed by atoms with Crippen LogP contribution in [0, 0.1) is 0 Å². The Morgan fingerprint density at radius 2 is 2.09 bits per heavy atom. The Labute approximate surface area is 203 Å². The third-order valence-corrected chi connectivity index (χ3v) is 7.67. The molecule has 0 aliphatic carbocycles. The Hall–Kier alpha value is -3.64. The van der Waals surface area contributed by atoms with E-state index in [1.165, 1.54) is 35.3 Å². The van der Waals surface area contributed by atoms with Crippen LogP contribution < -0.4 is 5.32 Å². The summed E-state index contributed by atoms with van der Waals surface area (Å²) in [6.07, 6.45) is -0.666. The fraction of sp³-hybridized carbons (Fsp3) is 0.412. The van der Waals surface area contributed by atoms with Crippen LogP contribution in [-0.4, -0.2) is 99.1 Å². The average molecular weight is 527 g/mol. The van der Waals surface area contributed by atoms with Crippen LogP contribution in [0.15, 0.2) is 20.9 Å². The first-order valence-electron chi connectivity index (χ1n) is 9.63. The molecule has 4 heterocycles. The number of aromatic nitrogens is 5. The lowest BCUT2D eigenvalue weighted by Gasteiger charge is -2.55. The van der Waals surface area contributed by atoms with Crippen molar-refractivity contribution in [3.8, 4) is 5.88 Å². The number of nitrogens with zero attached hydrogens (tertiary/aromatic N) is 6. The number of carboxylic acid groups (broad SMARTS) is 2. The monoisotopic (exact) mass is 527 g/mol. The maximum Gasteiger partial charge on any atom is 0.352 e. The number of fused-ring (bicyclic) bond motifs is 1. The molecule has 4 N–H and O–H groups in total. The van der Waals surface area contributed by atoms with E-state index < -0.39 is 58.5 Å². The van der Waals surface area contributed by atoms with Gasteiger partial charge in [0.1, 0.15) is 11.1 Å². The normalized spacial score (nSPS) is 21.5. The molecule has 0 aromatic carbocycles. The maximum absolute atomic E-state index is 13.1. The lowest BCUT2D eigenvalue weighted by molar-refractivity contribution is -0.192. The van der Waals surface area contributed by atoms with Crippen molar-refractivity contribution in [3.05, 3.63) is 22.6 Å². The van der Waals surface area contributed by atoms with Crippen molar-refractivity contribution < 1.29 is 43.8 Å². The second-order valence-electron chi connectivity index (χ2n) is 7.24. The van der Waals surface area contributed by atoms with E-state index >= 15 is 0 Å². The number of carbonyl (C=O) groups is 4. The largest absolute Gasteiger partial charge is 0.490 e. The first-order valence-corrected chi connectivity index (χ1v) is 11.7. The number of amides is 2. The number of aromatic hydroxyl groups is 1. The molecular formula is C17H17N7O9S2. The molecule has 2 aromatic rings. The number of aliphatic carboxylic acids is 1. The fourth-order valence-electron chi connectivity index (χ4n) is 3.60. The Kier molecular flexibility index (Phi) is 6.43. The van der Waals surface area contributed by atoms with Gasteiger partial charge in [0, 0.05) is 25.7 Å². The number of aromatic carboxylic acids is 1. The van der Waals surface area contributed by atoms with Crippen molar-refractivity contribution in [1.82, 2.24) is 35.6 Å². The SMILES string of the molecule is CO[C@@]1(NC(=O)Cc2onc(O)c2C(=O)O)C(=O)N2C(C(=O)O)=C(CSc3nnnn3C)CS[C@H]21. The zero-order valence-corrected chi connectivity index (χ0v) is 19.6. The number of nitrogens with one attached hydrogen (secondary N) is 1. The molecule has 2 aromatic heterocycles. The second kappa shape index (κ2) is 9.19. The highest BCUT2D eigenvalue weighted by Gasteiger charge is 2.66. The predicted octanol–water partition coefficient (Wildman–Crippen LogP) is -1.35. The Balaban J connectivity index is 1.53. The predicted molar refractivity (Wildman–Crippen MR) is 114 cm³/mol. The number of rotatable bonds is 9. The summed E-state index contributed by atoms with van der Waals surface area (Å²) in [4.78, 5) is 50.1. The Morgan fingerprint density at radius 1 is 1.34 bits per heavy atom. The number of methoxy groups -OCH3 is 1. The number of ether oxygens (including phenoxy) is 1. The highest BCUT2D eigenvalue weighted by Crippen LogP contribution is 2.47. The summed E-state index contributed by atoms with van der Waals surface area (Å²) in [5.74, 6) is -5.46. The minimum Gasteiger partial charge on any atom is -0.490 e. The van der Waals surface area contributed by atoms with Gasteiger partial charge in [0.25, 0.3) is 17.5 Å². The van der Waals surface area contributed by atoms with Gasteiger partial charge >= 0.3 is 11.9 Å². The van der Waals surface area contributed by atoms with Crippen molar-refractivity contribution in [1.29, 1.82) is 0 Å². The summed E-state index contributed by atoms with van der Waals surface area (Å²) in [5.41, 5.74) is -2.34. The van der Waals surface area contributed by atoms with Crippen LogP contribution in [0.4, 0.5) is 0 Å². The van der Waals surface area contributed by atoms with Gasteiger partial charge in [0.2, 0.25) is 11.1 Å².